The average Bonchev–Trinajstić information content (AvgIpc) is 2.59. The van der Waals surface area contributed by atoms with Gasteiger partial charge in [0.1, 0.15) is 0 Å². The third-order valence-corrected chi connectivity index (χ3v) is 3.06. The van der Waals surface area contributed by atoms with Gasteiger partial charge in [-0.1, -0.05) is 25.8 Å². The van der Waals surface area contributed by atoms with Gasteiger partial charge in [0.2, 0.25) is 0 Å². The van der Waals surface area contributed by atoms with Crippen molar-refractivity contribution in [1.82, 2.24) is 4.57 Å². The summed E-state index contributed by atoms with van der Waals surface area (Å²) in [5.41, 5.74) is 1.40. The van der Waals surface area contributed by atoms with Crippen molar-refractivity contribution in [3.63, 3.8) is 0 Å². The quantitative estimate of drug-likeness (QED) is 0.719. The van der Waals surface area contributed by atoms with E-state index < -0.39 is 0 Å². The van der Waals surface area contributed by atoms with Crippen LogP contribution in [0.3, 0.4) is 0 Å². The fourth-order valence-electron chi connectivity index (χ4n) is 2.32. The summed E-state index contributed by atoms with van der Waals surface area (Å²) in [7, 11) is 0. The molecule has 76 valence electrons. The van der Waals surface area contributed by atoms with Crippen LogP contribution >= 0.6 is 0 Å². The third-order valence-electron chi connectivity index (χ3n) is 3.06. The molecule has 0 fully saturated rings. The van der Waals surface area contributed by atoms with E-state index in [1.54, 1.807) is 6.07 Å². The molecule has 14 heavy (non-hydrogen) atoms. The van der Waals surface area contributed by atoms with Crippen molar-refractivity contribution in [2.75, 3.05) is 0 Å². The highest BCUT2D eigenvalue weighted by molar-refractivity contribution is 5.12. The van der Waals surface area contributed by atoms with Crippen LogP contribution in [0.15, 0.2) is 23.0 Å². The van der Waals surface area contributed by atoms with E-state index >= 15 is 0 Å². The Morgan fingerprint density at radius 2 is 2.36 bits per heavy atom. The Hall–Kier alpha value is -1.05. The van der Waals surface area contributed by atoms with E-state index in [2.05, 4.69) is 13.0 Å². The smallest absolute Gasteiger partial charge is 0.250 e. The Morgan fingerprint density at radius 1 is 1.50 bits per heavy atom. The molecule has 2 heterocycles. The van der Waals surface area contributed by atoms with Crippen LogP contribution in [0.25, 0.3) is 0 Å². The maximum atomic E-state index is 11.6. The monoisotopic (exact) mass is 191 g/mol. The van der Waals surface area contributed by atoms with E-state index in [9.17, 15) is 4.79 Å². The van der Waals surface area contributed by atoms with Crippen molar-refractivity contribution < 1.29 is 0 Å². The highest BCUT2D eigenvalue weighted by Gasteiger charge is 2.21. The highest BCUT2D eigenvalue weighted by Crippen LogP contribution is 2.27. The van der Waals surface area contributed by atoms with Gasteiger partial charge in [0.25, 0.3) is 5.56 Å². The first kappa shape index (κ1) is 9.50. The van der Waals surface area contributed by atoms with Crippen molar-refractivity contribution in [1.29, 1.82) is 0 Å². The van der Waals surface area contributed by atoms with Crippen molar-refractivity contribution in [2.24, 2.45) is 0 Å². The largest absolute Gasteiger partial charge is 0.310 e. The molecule has 1 aliphatic rings. The maximum absolute atomic E-state index is 11.6. The molecule has 1 aliphatic heterocycles. The lowest BCUT2D eigenvalue weighted by molar-refractivity contribution is 0.459. The lowest BCUT2D eigenvalue weighted by atomic mass is 10.1. The number of unbranched alkanes of at least 4 members (excludes halogenated alkanes) is 1. The van der Waals surface area contributed by atoms with Gasteiger partial charge < -0.3 is 4.57 Å². The topological polar surface area (TPSA) is 22.0 Å². The first-order chi connectivity index (χ1) is 6.83. The predicted molar refractivity (Wildman–Crippen MR) is 57.6 cm³/mol. The SMILES string of the molecule is CCCCC1CCc2cccc(=O)n21. The molecule has 1 aromatic heterocycles. The minimum Gasteiger partial charge on any atom is -0.310 e. The average molecular weight is 191 g/mol. The molecule has 1 atom stereocenters. The molecule has 1 unspecified atom stereocenters. The molecule has 0 saturated heterocycles. The van der Waals surface area contributed by atoms with Gasteiger partial charge in [-0.3, -0.25) is 4.79 Å². The molecule has 0 radical (unpaired) electrons. The Bertz CT molecular complexity index is 367. The minimum atomic E-state index is 0.182. The molecule has 1 aromatic rings. The Labute approximate surface area is 84.6 Å². The van der Waals surface area contributed by atoms with E-state index in [4.69, 9.17) is 0 Å². The molecule has 0 saturated carbocycles. The fraction of sp³-hybridized carbons (Fsp3) is 0.583. The fourth-order valence-corrected chi connectivity index (χ4v) is 2.32. The van der Waals surface area contributed by atoms with E-state index in [-0.39, 0.29) is 5.56 Å². The van der Waals surface area contributed by atoms with Gasteiger partial charge >= 0.3 is 0 Å². The molecule has 0 bridgehead atoms. The van der Waals surface area contributed by atoms with E-state index in [0.717, 1.165) is 19.3 Å². The van der Waals surface area contributed by atoms with Crippen molar-refractivity contribution in [3.8, 4) is 0 Å². The van der Waals surface area contributed by atoms with E-state index in [0.29, 0.717) is 6.04 Å². The van der Waals surface area contributed by atoms with Gasteiger partial charge in [-0.05, 0) is 25.3 Å². The second-order valence-electron chi connectivity index (χ2n) is 4.06. The zero-order valence-corrected chi connectivity index (χ0v) is 8.70. The summed E-state index contributed by atoms with van der Waals surface area (Å²) in [6.07, 6.45) is 5.83. The van der Waals surface area contributed by atoms with Gasteiger partial charge in [0.05, 0.1) is 0 Å². The number of hydrogen-bond donors (Lipinski definition) is 0. The Morgan fingerprint density at radius 3 is 3.14 bits per heavy atom. The van der Waals surface area contributed by atoms with Crippen molar-refractivity contribution >= 4 is 0 Å². The number of aromatic nitrogens is 1. The predicted octanol–water partition coefficient (Wildman–Crippen LogP) is 2.53. The Kier molecular flexibility index (Phi) is 2.71. The summed E-state index contributed by atoms with van der Waals surface area (Å²) >= 11 is 0. The first-order valence-electron chi connectivity index (χ1n) is 5.53. The lowest BCUT2D eigenvalue weighted by Crippen LogP contribution is -2.21. The summed E-state index contributed by atoms with van der Waals surface area (Å²) in [5.74, 6) is 0. The van der Waals surface area contributed by atoms with Crippen LogP contribution in [0.1, 0.15) is 44.3 Å². The summed E-state index contributed by atoms with van der Waals surface area (Å²) in [4.78, 5) is 11.6. The van der Waals surface area contributed by atoms with Gasteiger partial charge in [-0.2, -0.15) is 0 Å². The van der Waals surface area contributed by atoms with Crippen LogP contribution in [0.2, 0.25) is 0 Å². The van der Waals surface area contributed by atoms with Gasteiger partial charge in [-0.15, -0.1) is 0 Å². The highest BCUT2D eigenvalue weighted by atomic mass is 16.1. The number of nitrogens with zero attached hydrogens (tertiary/aromatic N) is 1. The van der Waals surface area contributed by atoms with Crippen LogP contribution in [0.5, 0.6) is 0 Å². The molecule has 0 aromatic carbocycles. The van der Waals surface area contributed by atoms with Crippen LogP contribution in [0, 0.1) is 0 Å². The van der Waals surface area contributed by atoms with Crippen molar-refractivity contribution in [2.45, 2.75) is 45.1 Å². The normalized spacial score (nSPS) is 19.6. The number of pyridine rings is 1. The number of aryl methyl sites for hydroxylation is 1. The first-order valence-corrected chi connectivity index (χ1v) is 5.53. The Balaban J connectivity index is 2.25. The maximum Gasteiger partial charge on any atom is 0.250 e. The summed E-state index contributed by atoms with van der Waals surface area (Å²) in [6.45, 7) is 2.20. The molecule has 2 rings (SSSR count). The van der Waals surface area contributed by atoms with Crippen LogP contribution in [-0.2, 0) is 6.42 Å². The van der Waals surface area contributed by atoms with Gasteiger partial charge in [0, 0.05) is 17.8 Å². The summed E-state index contributed by atoms with van der Waals surface area (Å²) < 4.78 is 2.00. The zero-order valence-electron chi connectivity index (χ0n) is 8.70. The molecular formula is C12H17NO. The standard InChI is InChI=1S/C12H17NO/c1-2-3-5-10-8-9-11-6-4-7-12(14)13(10)11/h4,6-7,10H,2-3,5,8-9H2,1H3. The molecule has 0 aliphatic carbocycles. The summed E-state index contributed by atoms with van der Waals surface area (Å²) in [6, 6.07) is 6.09. The summed E-state index contributed by atoms with van der Waals surface area (Å²) in [5, 5.41) is 0. The van der Waals surface area contributed by atoms with E-state index in [1.807, 2.05) is 10.6 Å². The second kappa shape index (κ2) is 3.99. The second-order valence-corrected chi connectivity index (χ2v) is 4.06. The third kappa shape index (κ3) is 1.61. The molecule has 0 amide bonds. The lowest BCUT2D eigenvalue weighted by Gasteiger charge is -2.13. The van der Waals surface area contributed by atoms with E-state index in [1.165, 1.54) is 18.5 Å². The number of fused-ring (bicyclic) bond motifs is 1. The van der Waals surface area contributed by atoms with Crippen LogP contribution in [-0.4, -0.2) is 4.57 Å². The molecule has 0 N–H and O–H groups in total. The van der Waals surface area contributed by atoms with Crippen LogP contribution in [0.4, 0.5) is 0 Å². The molecular weight excluding hydrogens is 174 g/mol. The minimum absolute atomic E-state index is 0.182. The molecule has 0 spiro atoms. The number of rotatable bonds is 3. The van der Waals surface area contributed by atoms with Gasteiger partial charge in [-0.25, -0.2) is 0 Å². The van der Waals surface area contributed by atoms with Crippen molar-refractivity contribution in [3.05, 3.63) is 34.2 Å². The van der Waals surface area contributed by atoms with Gasteiger partial charge in [0.15, 0.2) is 0 Å². The molecule has 2 nitrogen and oxygen atoms in total. The van der Waals surface area contributed by atoms with Crippen LogP contribution < -0.4 is 5.56 Å². The number of hydrogen-bond acceptors (Lipinski definition) is 1. The zero-order chi connectivity index (χ0) is 9.97. The molecule has 2 heteroatoms.